The van der Waals surface area contributed by atoms with E-state index in [0.29, 0.717) is 17.7 Å². The third-order valence-electron chi connectivity index (χ3n) is 2.37. The van der Waals surface area contributed by atoms with Crippen molar-refractivity contribution in [1.29, 1.82) is 0 Å². The van der Waals surface area contributed by atoms with Gasteiger partial charge in [-0.3, -0.25) is 0 Å². The minimum Gasteiger partial charge on any atom is -0.399 e. The SMILES string of the molecule is CCCN(Cc1cccc(N)c1)S(=O)(=O)C(F)F. The van der Waals surface area contributed by atoms with Crippen molar-refractivity contribution in [2.75, 3.05) is 12.3 Å². The molecule has 0 spiro atoms. The maximum Gasteiger partial charge on any atom is 0.350 e. The molecule has 0 heterocycles. The van der Waals surface area contributed by atoms with Gasteiger partial charge in [-0.25, -0.2) is 8.42 Å². The molecule has 0 unspecified atom stereocenters. The number of alkyl halides is 2. The number of rotatable bonds is 6. The zero-order valence-corrected chi connectivity index (χ0v) is 10.8. The second-order valence-corrected chi connectivity index (χ2v) is 5.79. The zero-order valence-electron chi connectivity index (χ0n) is 10.0. The summed E-state index contributed by atoms with van der Waals surface area (Å²) < 4.78 is 48.7. The summed E-state index contributed by atoms with van der Waals surface area (Å²) in [5.41, 5.74) is 6.62. The highest BCUT2D eigenvalue weighted by Crippen LogP contribution is 2.17. The number of halogens is 2. The fourth-order valence-corrected chi connectivity index (χ4v) is 2.54. The Balaban J connectivity index is 2.94. The Morgan fingerprint density at radius 1 is 1.39 bits per heavy atom. The summed E-state index contributed by atoms with van der Waals surface area (Å²) in [4.78, 5) is 0. The molecule has 102 valence electrons. The van der Waals surface area contributed by atoms with E-state index in [1.807, 2.05) is 0 Å². The first-order chi connectivity index (χ1) is 8.37. The molecule has 1 aromatic rings. The molecule has 4 nitrogen and oxygen atoms in total. The Bertz CT molecular complexity index is 492. The van der Waals surface area contributed by atoms with Gasteiger partial charge in [0.1, 0.15) is 0 Å². The Morgan fingerprint density at radius 2 is 2.06 bits per heavy atom. The molecule has 0 bridgehead atoms. The molecule has 1 aromatic carbocycles. The van der Waals surface area contributed by atoms with Crippen molar-refractivity contribution in [3.63, 3.8) is 0 Å². The summed E-state index contributed by atoms with van der Waals surface area (Å²) in [5, 5.41) is 0. The largest absolute Gasteiger partial charge is 0.399 e. The van der Waals surface area contributed by atoms with Crippen LogP contribution in [0.25, 0.3) is 0 Å². The van der Waals surface area contributed by atoms with E-state index in [-0.39, 0.29) is 13.1 Å². The molecule has 2 N–H and O–H groups in total. The van der Waals surface area contributed by atoms with Crippen LogP contribution in [0.2, 0.25) is 0 Å². The van der Waals surface area contributed by atoms with E-state index in [9.17, 15) is 17.2 Å². The average molecular weight is 278 g/mol. The van der Waals surface area contributed by atoms with E-state index in [0.717, 1.165) is 4.31 Å². The van der Waals surface area contributed by atoms with Crippen LogP contribution in [0.4, 0.5) is 14.5 Å². The molecular weight excluding hydrogens is 262 g/mol. The molecule has 0 atom stereocenters. The van der Waals surface area contributed by atoms with E-state index < -0.39 is 15.8 Å². The van der Waals surface area contributed by atoms with Gasteiger partial charge >= 0.3 is 5.76 Å². The minimum atomic E-state index is -4.55. The van der Waals surface area contributed by atoms with Gasteiger partial charge in [-0.05, 0) is 24.1 Å². The molecule has 0 aliphatic rings. The highest BCUT2D eigenvalue weighted by atomic mass is 32.2. The van der Waals surface area contributed by atoms with Gasteiger partial charge in [-0.2, -0.15) is 13.1 Å². The highest BCUT2D eigenvalue weighted by molar-refractivity contribution is 7.89. The van der Waals surface area contributed by atoms with E-state index in [2.05, 4.69) is 0 Å². The van der Waals surface area contributed by atoms with Crippen LogP contribution in [-0.4, -0.2) is 25.0 Å². The topological polar surface area (TPSA) is 63.4 Å². The van der Waals surface area contributed by atoms with Crippen molar-refractivity contribution in [2.45, 2.75) is 25.6 Å². The van der Waals surface area contributed by atoms with Crippen molar-refractivity contribution < 1.29 is 17.2 Å². The summed E-state index contributed by atoms with van der Waals surface area (Å²) in [6, 6.07) is 6.53. The molecular formula is C11H16F2N2O2S. The summed E-state index contributed by atoms with van der Waals surface area (Å²) >= 11 is 0. The maximum atomic E-state index is 12.5. The Labute approximate surface area is 105 Å². The van der Waals surface area contributed by atoms with Gasteiger partial charge < -0.3 is 5.73 Å². The van der Waals surface area contributed by atoms with Crippen LogP contribution in [0.15, 0.2) is 24.3 Å². The van der Waals surface area contributed by atoms with Crippen molar-refractivity contribution in [2.24, 2.45) is 0 Å². The van der Waals surface area contributed by atoms with Crippen molar-refractivity contribution in [1.82, 2.24) is 4.31 Å². The first-order valence-corrected chi connectivity index (χ1v) is 6.99. The highest BCUT2D eigenvalue weighted by Gasteiger charge is 2.31. The molecule has 0 aliphatic carbocycles. The Hall–Kier alpha value is -1.21. The molecule has 7 heteroatoms. The smallest absolute Gasteiger partial charge is 0.350 e. The lowest BCUT2D eigenvalue weighted by molar-refractivity contribution is 0.217. The Kier molecular flexibility index (Phi) is 5.03. The molecule has 0 amide bonds. The molecule has 18 heavy (non-hydrogen) atoms. The van der Waals surface area contributed by atoms with Crippen molar-refractivity contribution >= 4 is 15.7 Å². The van der Waals surface area contributed by atoms with Gasteiger partial charge in [0.2, 0.25) is 0 Å². The average Bonchev–Trinajstić information content (AvgIpc) is 2.28. The van der Waals surface area contributed by atoms with Crippen LogP contribution >= 0.6 is 0 Å². The number of hydrogen-bond donors (Lipinski definition) is 1. The predicted octanol–water partition coefficient (Wildman–Crippen LogP) is 2.03. The first-order valence-electron chi connectivity index (χ1n) is 5.49. The van der Waals surface area contributed by atoms with Crippen LogP contribution in [0.3, 0.4) is 0 Å². The lowest BCUT2D eigenvalue weighted by Crippen LogP contribution is -2.35. The number of nitrogens with zero attached hydrogens (tertiary/aromatic N) is 1. The number of sulfonamides is 1. The molecule has 0 aromatic heterocycles. The summed E-state index contributed by atoms with van der Waals surface area (Å²) in [6.07, 6.45) is 0.467. The fourth-order valence-electron chi connectivity index (χ4n) is 1.55. The molecule has 0 saturated heterocycles. The lowest BCUT2D eigenvalue weighted by atomic mass is 10.2. The van der Waals surface area contributed by atoms with Crippen molar-refractivity contribution in [3.8, 4) is 0 Å². The standard InChI is InChI=1S/C11H16F2N2O2S/c1-2-6-15(18(16,17)11(12)13)8-9-4-3-5-10(14)7-9/h3-5,7,11H,2,6,8,14H2,1H3. The second kappa shape index (κ2) is 6.10. The van der Waals surface area contributed by atoms with Gasteiger partial charge in [-0.1, -0.05) is 19.1 Å². The monoisotopic (exact) mass is 278 g/mol. The van der Waals surface area contributed by atoms with Gasteiger partial charge in [0.15, 0.2) is 0 Å². The van der Waals surface area contributed by atoms with E-state index in [1.165, 1.54) is 0 Å². The van der Waals surface area contributed by atoms with E-state index in [1.54, 1.807) is 31.2 Å². The first kappa shape index (κ1) is 14.8. The number of nitrogen functional groups attached to an aromatic ring is 1. The molecule has 0 saturated carbocycles. The van der Waals surface area contributed by atoms with Crippen LogP contribution in [0.1, 0.15) is 18.9 Å². The van der Waals surface area contributed by atoms with Crippen LogP contribution in [0, 0.1) is 0 Å². The summed E-state index contributed by atoms with van der Waals surface area (Å²) in [6.45, 7) is 1.69. The van der Waals surface area contributed by atoms with Crippen LogP contribution < -0.4 is 5.73 Å². The third kappa shape index (κ3) is 3.64. The summed E-state index contributed by atoms with van der Waals surface area (Å²) in [5.74, 6) is -3.40. The number of benzene rings is 1. The van der Waals surface area contributed by atoms with E-state index in [4.69, 9.17) is 5.73 Å². The second-order valence-electron chi connectivity index (χ2n) is 3.88. The number of nitrogens with two attached hydrogens (primary N) is 1. The molecule has 0 fully saturated rings. The van der Waals surface area contributed by atoms with Crippen LogP contribution in [0.5, 0.6) is 0 Å². The van der Waals surface area contributed by atoms with Crippen molar-refractivity contribution in [3.05, 3.63) is 29.8 Å². The predicted molar refractivity (Wildman–Crippen MR) is 66.5 cm³/mol. The molecule has 1 rings (SSSR count). The van der Waals surface area contributed by atoms with E-state index >= 15 is 0 Å². The molecule has 0 radical (unpaired) electrons. The number of anilines is 1. The minimum absolute atomic E-state index is 0.0570. The third-order valence-corrected chi connectivity index (χ3v) is 3.85. The quantitative estimate of drug-likeness (QED) is 0.810. The Morgan fingerprint density at radius 3 is 2.56 bits per heavy atom. The number of hydrogen-bond acceptors (Lipinski definition) is 3. The van der Waals surface area contributed by atoms with Gasteiger partial charge in [0, 0.05) is 18.8 Å². The van der Waals surface area contributed by atoms with Crippen LogP contribution in [-0.2, 0) is 16.6 Å². The maximum absolute atomic E-state index is 12.5. The van der Waals surface area contributed by atoms with Gasteiger partial charge in [-0.15, -0.1) is 0 Å². The van der Waals surface area contributed by atoms with Gasteiger partial charge in [0.05, 0.1) is 0 Å². The molecule has 0 aliphatic heterocycles. The summed E-state index contributed by atoms with van der Waals surface area (Å²) in [7, 11) is -4.55. The normalized spacial score (nSPS) is 12.3. The lowest BCUT2D eigenvalue weighted by Gasteiger charge is -2.21. The van der Waals surface area contributed by atoms with Gasteiger partial charge in [0.25, 0.3) is 10.0 Å². The zero-order chi connectivity index (χ0) is 13.8. The fraction of sp³-hybridized carbons (Fsp3) is 0.455.